The number of nitrogens with two attached hydrogens (primary N) is 1. The predicted molar refractivity (Wildman–Crippen MR) is 75.1 cm³/mol. The van der Waals surface area contributed by atoms with Crippen molar-refractivity contribution in [1.82, 2.24) is 4.72 Å². The van der Waals surface area contributed by atoms with E-state index in [-0.39, 0.29) is 16.6 Å². The molecule has 0 aromatic heterocycles. The van der Waals surface area contributed by atoms with Crippen molar-refractivity contribution < 1.29 is 8.42 Å². The molecule has 0 heterocycles. The SMILES string of the molecule is N#Cc1ccc(S(=O)(=O)NC2CC3CCC2C3)c(N)c1. The van der Waals surface area contributed by atoms with Crippen LogP contribution in [-0.4, -0.2) is 14.5 Å². The maximum absolute atomic E-state index is 12.4. The molecule has 3 unspecified atom stereocenters. The summed E-state index contributed by atoms with van der Waals surface area (Å²) in [5.41, 5.74) is 6.25. The third-order valence-electron chi connectivity index (χ3n) is 4.47. The monoisotopic (exact) mass is 291 g/mol. The Bertz CT molecular complexity index is 678. The van der Waals surface area contributed by atoms with Crippen molar-refractivity contribution in [3.05, 3.63) is 23.8 Å². The molecule has 2 aliphatic carbocycles. The maximum atomic E-state index is 12.4. The second-order valence-corrected chi connectivity index (χ2v) is 7.45. The summed E-state index contributed by atoms with van der Waals surface area (Å²) in [6.07, 6.45) is 4.40. The van der Waals surface area contributed by atoms with Gasteiger partial charge in [-0.25, -0.2) is 13.1 Å². The Balaban J connectivity index is 1.83. The molecule has 2 saturated carbocycles. The quantitative estimate of drug-likeness (QED) is 0.827. The van der Waals surface area contributed by atoms with Gasteiger partial charge in [-0.1, -0.05) is 6.42 Å². The van der Waals surface area contributed by atoms with E-state index in [0.29, 0.717) is 17.4 Å². The fraction of sp³-hybridized carbons (Fsp3) is 0.500. The lowest BCUT2D eigenvalue weighted by Crippen LogP contribution is -2.38. The van der Waals surface area contributed by atoms with E-state index in [0.717, 1.165) is 19.3 Å². The molecule has 20 heavy (non-hydrogen) atoms. The second kappa shape index (κ2) is 4.76. The van der Waals surface area contributed by atoms with Gasteiger partial charge in [0.05, 0.1) is 17.3 Å². The average Bonchev–Trinajstić information content (AvgIpc) is 2.99. The van der Waals surface area contributed by atoms with Crippen LogP contribution in [0.15, 0.2) is 23.1 Å². The smallest absolute Gasteiger partial charge is 0.242 e. The van der Waals surface area contributed by atoms with Gasteiger partial charge in [0.25, 0.3) is 0 Å². The van der Waals surface area contributed by atoms with Crippen molar-refractivity contribution in [3.63, 3.8) is 0 Å². The molecule has 0 amide bonds. The summed E-state index contributed by atoms with van der Waals surface area (Å²) in [7, 11) is -3.61. The summed E-state index contributed by atoms with van der Waals surface area (Å²) < 4.78 is 27.6. The molecule has 3 rings (SSSR count). The van der Waals surface area contributed by atoms with Crippen molar-refractivity contribution >= 4 is 15.7 Å². The molecule has 1 aromatic rings. The van der Waals surface area contributed by atoms with Crippen LogP contribution < -0.4 is 10.5 Å². The summed E-state index contributed by atoms with van der Waals surface area (Å²) in [5.74, 6) is 1.14. The number of benzene rings is 1. The normalized spacial score (nSPS) is 28.4. The van der Waals surface area contributed by atoms with Crippen molar-refractivity contribution in [1.29, 1.82) is 5.26 Å². The molecule has 3 N–H and O–H groups in total. The van der Waals surface area contributed by atoms with Crippen molar-refractivity contribution in [2.45, 2.75) is 36.6 Å². The molecule has 0 radical (unpaired) electrons. The lowest BCUT2D eigenvalue weighted by atomic mass is 9.96. The van der Waals surface area contributed by atoms with Gasteiger partial charge < -0.3 is 5.73 Å². The average molecular weight is 291 g/mol. The van der Waals surface area contributed by atoms with Crippen LogP contribution in [0.3, 0.4) is 0 Å². The number of nitrogens with zero attached hydrogens (tertiary/aromatic N) is 1. The first-order valence-electron chi connectivity index (χ1n) is 6.81. The molecule has 5 nitrogen and oxygen atoms in total. The zero-order valence-corrected chi connectivity index (χ0v) is 11.9. The van der Waals surface area contributed by atoms with Crippen LogP contribution in [0.1, 0.15) is 31.2 Å². The summed E-state index contributed by atoms with van der Waals surface area (Å²) in [5, 5.41) is 8.79. The molecule has 0 saturated heterocycles. The van der Waals surface area contributed by atoms with Crippen molar-refractivity contribution in [2.24, 2.45) is 11.8 Å². The van der Waals surface area contributed by atoms with Gasteiger partial charge in [-0.05, 0) is 49.3 Å². The van der Waals surface area contributed by atoms with Gasteiger partial charge in [-0.3, -0.25) is 0 Å². The fourth-order valence-electron chi connectivity index (χ4n) is 3.51. The van der Waals surface area contributed by atoms with E-state index in [2.05, 4.69) is 4.72 Å². The number of fused-ring (bicyclic) bond motifs is 2. The Kier molecular flexibility index (Phi) is 3.19. The second-order valence-electron chi connectivity index (χ2n) is 5.77. The van der Waals surface area contributed by atoms with Crippen LogP contribution >= 0.6 is 0 Å². The summed E-state index contributed by atoms with van der Waals surface area (Å²) >= 11 is 0. The number of nitrogen functional groups attached to an aromatic ring is 1. The van der Waals surface area contributed by atoms with E-state index in [9.17, 15) is 8.42 Å². The third-order valence-corrected chi connectivity index (χ3v) is 6.04. The lowest BCUT2D eigenvalue weighted by Gasteiger charge is -2.23. The van der Waals surface area contributed by atoms with Gasteiger partial charge in [0, 0.05) is 6.04 Å². The number of hydrogen-bond donors (Lipinski definition) is 2. The zero-order valence-electron chi connectivity index (χ0n) is 11.0. The number of rotatable bonds is 3. The lowest BCUT2D eigenvalue weighted by molar-refractivity contribution is 0.390. The Hall–Kier alpha value is -1.58. The number of hydrogen-bond acceptors (Lipinski definition) is 4. The first kappa shape index (κ1) is 13.4. The highest BCUT2D eigenvalue weighted by Crippen LogP contribution is 2.44. The first-order valence-corrected chi connectivity index (χ1v) is 8.30. The summed E-state index contributed by atoms with van der Waals surface area (Å²) in [4.78, 5) is 0.0688. The zero-order chi connectivity index (χ0) is 14.3. The molecular weight excluding hydrogens is 274 g/mol. The molecule has 3 atom stereocenters. The summed E-state index contributed by atoms with van der Waals surface area (Å²) in [6.45, 7) is 0. The van der Waals surface area contributed by atoms with Crippen molar-refractivity contribution in [2.75, 3.05) is 5.73 Å². The number of anilines is 1. The van der Waals surface area contributed by atoms with Gasteiger partial charge in [0.2, 0.25) is 10.0 Å². The van der Waals surface area contributed by atoms with Crippen LogP contribution in [0.5, 0.6) is 0 Å². The van der Waals surface area contributed by atoms with E-state index in [1.54, 1.807) is 0 Å². The van der Waals surface area contributed by atoms with E-state index in [4.69, 9.17) is 11.0 Å². The standard InChI is InChI=1S/C14H17N3O2S/c15-8-10-2-4-14(12(16)6-10)20(18,19)17-13-7-9-1-3-11(13)5-9/h2,4,6,9,11,13,17H,1,3,5,7,16H2. The highest BCUT2D eigenvalue weighted by atomic mass is 32.2. The van der Waals surface area contributed by atoms with Crippen molar-refractivity contribution in [3.8, 4) is 6.07 Å². The van der Waals surface area contributed by atoms with E-state index < -0.39 is 10.0 Å². The number of nitrogens with one attached hydrogen (secondary N) is 1. The fourth-order valence-corrected chi connectivity index (χ4v) is 4.95. The van der Waals surface area contributed by atoms with E-state index in [1.165, 1.54) is 24.6 Å². The number of nitriles is 1. The molecular formula is C14H17N3O2S. The third kappa shape index (κ3) is 2.28. The molecule has 0 aliphatic heterocycles. The largest absolute Gasteiger partial charge is 0.398 e. The Morgan fingerprint density at radius 1 is 1.30 bits per heavy atom. The minimum Gasteiger partial charge on any atom is -0.398 e. The minimum absolute atomic E-state index is 0.0359. The van der Waals surface area contributed by atoms with Crippen LogP contribution in [0, 0.1) is 23.2 Å². The van der Waals surface area contributed by atoms with E-state index in [1.807, 2.05) is 6.07 Å². The topological polar surface area (TPSA) is 96.0 Å². The maximum Gasteiger partial charge on any atom is 0.242 e. The molecule has 106 valence electrons. The highest BCUT2D eigenvalue weighted by Gasteiger charge is 2.41. The minimum atomic E-state index is -3.61. The van der Waals surface area contributed by atoms with Crippen LogP contribution in [-0.2, 0) is 10.0 Å². The van der Waals surface area contributed by atoms with Gasteiger partial charge >= 0.3 is 0 Å². The molecule has 6 heteroatoms. The van der Waals surface area contributed by atoms with Gasteiger partial charge in [0.15, 0.2) is 0 Å². The first-order chi connectivity index (χ1) is 9.49. The molecule has 2 bridgehead atoms. The van der Waals surface area contributed by atoms with Crippen LogP contribution in [0.2, 0.25) is 0 Å². The number of sulfonamides is 1. The molecule has 0 spiro atoms. The Labute approximate surface area is 118 Å². The van der Waals surface area contributed by atoms with Gasteiger partial charge in [-0.15, -0.1) is 0 Å². The molecule has 2 fully saturated rings. The van der Waals surface area contributed by atoms with Gasteiger partial charge in [-0.2, -0.15) is 5.26 Å². The van der Waals surface area contributed by atoms with Crippen LogP contribution in [0.25, 0.3) is 0 Å². The predicted octanol–water partition coefficient (Wildman–Crippen LogP) is 1.61. The molecule has 1 aromatic carbocycles. The van der Waals surface area contributed by atoms with E-state index >= 15 is 0 Å². The Morgan fingerprint density at radius 2 is 2.10 bits per heavy atom. The van der Waals surface area contributed by atoms with Crippen LogP contribution in [0.4, 0.5) is 5.69 Å². The summed E-state index contributed by atoms with van der Waals surface area (Å²) in [6, 6.07) is 6.26. The van der Waals surface area contributed by atoms with Gasteiger partial charge in [0.1, 0.15) is 4.90 Å². The Morgan fingerprint density at radius 3 is 2.65 bits per heavy atom. The molecule has 2 aliphatic rings. The highest BCUT2D eigenvalue weighted by molar-refractivity contribution is 7.89.